The van der Waals surface area contributed by atoms with E-state index in [9.17, 15) is 18.8 Å². The maximum absolute atomic E-state index is 12.9. The maximum atomic E-state index is 12.9. The summed E-state index contributed by atoms with van der Waals surface area (Å²) in [7, 11) is 0. The van der Waals surface area contributed by atoms with Gasteiger partial charge in [-0.15, -0.1) is 11.8 Å². The van der Waals surface area contributed by atoms with Crippen LogP contribution in [-0.4, -0.2) is 36.2 Å². The number of halogens is 1. The molecule has 2 aromatic rings. The SMILES string of the molecule is CCCNC(=O)[C@H](C)OC(=O)c1ccccc1SCC(=O)Nc1ccc(F)cc1. The van der Waals surface area contributed by atoms with Crippen LogP contribution < -0.4 is 10.6 Å². The van der Waals surface area contributed by atoms with Gasteiger partial charge in [-0.1, -0.05) is 19.1 Å². The first-order valence-corrected chi connectivity index (χ1v) is 10.1. The molecule has 2 rings (SSSR count). The predicted molar refractivity (Wildman–Crippen MR) is 110 cm³/mol. The van der Waals surface area contributed by atoms with Crippen molar-refractivity contribution in [2.75, 3.05) is 17.6 Å². The highest BCUT2D eigenvalue weighted by Gasteiger charge is 2.20. The molecule has 2 N–H and O–H groups in total. The molecule has 8 heteroatoms. The molecular weight excluding hydrogens is 395 g/mol. The van der Waals surface area contributed by atoms with Crippen molar-refractivity contribution in [3.8, 4) is 0 Å². The number of amides is 2. The van der Waals surface area contributed by atoms with Crippen LogP contribution in [0.25, 0.3) is 0 Å². The van der Waals surface area contributed by atoms with E-state index in [1.807, 2.05) is 6.92 Å². The Morgan fingerprint density at radius 2 is 1.79 bits per heavy atom. The van der Waals surface area contributed by atoms with E-state index >= 15 is 0 Å². The summed E-state index contributed by atoms with van der Waals surface area (Å²) in [6.07, 6.45) is -0.139. The molecular formula is C21H23FN2O4S. The minimum Gasteiger partial charge on any atom is -0.449 e. The molecule has 154 valence electrons. The monoisotopic (exact) mass is 418 g/mol. The van der Waals surface area contributed by atoms with Gasteiger partial charge in [0.15, 0.2) is 6.10 Å². The Morgan fingerprint density at radius 3 is 2.48 bits per heavy atom. The second-order valence-corrected chi connectivity index (χ2v) is 7.20. The van der Waals surface area contributed by atoms with E-state index in [2.05, 4.69) is 10.6 Å². The summed E-state index contributed by atoms with van der Waals surface area (Å²) in [5, 5.41) is 5.33. The molecule has 0 aliphatic rings. The van der Waals surface area contributed by atoms with Gasteiger partial charge in [0.05, 0.1) is 11.3 Å². The maximum Gasteiger partial charge on any atom is 0.340 e. The van der Waals surface area contributed by atoms with Gasteiger partial charge in [0.2, 0.25) is 5.91 Å². The third kappa shape index (κ3) is 7.23. The quantitative estimate of drug-likeness (QED) is 0.480. The zero-order valence-electron chi connectivity index (χ0n) is 16.2. The normalized spacial score (nSPS) is 11.4. The summed E-state index contributed by atoms with van der Waals surface area (Å²) in [6.45, 7) is 3.95. The van der Waals surface area contributed by atoms with Gasteiger partial charge in [0, 0.05) is 17.1 Å². The Balaban J connectivity index is 1.95. The highest BCUT2D eigenvalue weighted by Crippen LogP contribution is 2.24. The highest BCUT2D eigenvalue weighted by molar-refractivity contribution is 8.00. The molecule has 0 bridgehead atoms. The van der Waals surface area contributed by atoms with Gasteiger partial charge in [-0.2, -0.15) is 0 Å². The molecule has 1 atom stereocenters. The van der Waals surface area contributed by atoms with Crippen LogP contribution in [0.15, 0.2) is 53.4 Å². The Labute approximate surface area is 173 Å². The van der Waals surface area contributed by atoms with Crippen LogP contribution in [-0.2, 0) is 14.3 Å². The lowest BCUT2D eigenvalue weighted by Crippen LogP contribution is -2.36. The van der Waals surface area contributed by atoms with Crippen LogP contribution in [0.3, 0.4) is 0 Å². The molecule has 0 aliphatic heterocycles. The average Bonchev–Trinajstić information content (AvgIpc) is 2.72. The number of anilines is 1. The fourth-order valence-electron chi connectivity index (χ4n) is 2.30. The molecule has 0 radical (unpaired) electrons. The lowest BCUT2D eigenvalue weighted by molar-refractivity contribution is -0.129. The smallest absolute Gasteiger partial charge is 0.340 e. The topological polar surface area (TPSA) is 84.5 Å². The molecule has 0 fully saturated rings. The van der Waals surface area contributed by atoms with E-state index in [1.54, 1.807) is 24.3 Å². The van der Waals surface area contributed by atoms with Crippen molar-refractivity contribution in [3.63, 3.8) is 0 Å². The number of carbonyl (C=O) groups is 3. The molecule has 6 nitrogen and oxygen atoms in total. The van der Waals surface area contributed by atoms with Crippen molar-refractivity contribution in [3.05, 3.63) is 59.9 Å². The van der Waals surface area contributed by atoms with Crippen molar-refractivity contribution in [2.24, 2.45) is 0 Å². The van der Waals surface area contributed by atoms with E-state index in [0.29, 0.717) is 17.1 Å². The van der Waals surface area contributed by atoms with E-state index < -0.39 is 12.1 Å². The first-order chi connectivity index (χ1) is 13.9. The average molecular weight is 418 g/mol. The Bertz CT molecular complexity index is 858. The number of hydrogen-bond acceptors (Lipinski definition) is 5. The van der Waals surface area contributed by atoms with E-state index in [4.69, 9.17) is 4.74 Å². The summed E-state index contributed by atoms with van der Waals surface area (Å²) in [4.78, 5) is 37.1. The number of nitrogens with one attached hydrogen (secondary N) is 2. The molecule has 0 saturated heterocycles. The molecule has 0 aromatic heterocycles. The van der Waals surface area contributed by atoms with Crippen LogP contribution in [0.4, 0.5) is 10.1 Å². The molecule has 2 amide bonds. The third-order valence-corrected chi connectivity index (χ3v) is 4.87. The third-order valence-electron chi connectivity index (χ3n) is 3.80. The number of benzene rings is 2. The molecule has 2 aromatic carbocycles. The fraction of sp³-hybridized carbons (Fsp3) is 0.286. The van der Waals surface area contributed by atoms with Gasteiger partial charge >= 0.3 is 5.97 Å². The number of rotatable bonds is 9. The first kappa shape index (κ1) is 22.4. The lowest BCUT2D eigenvalue weighted by atomic mass is 10.2. The highest BCUT2D eigenvalue weighted by atomic mass is 32.2. The van der Waals surface area contributed by atoms with Crippen LogP contribution in [0.1, 0.15) is 30.6 Å². The van der Waals surface area contributed by atoms with Crippen LogP contribution >= 0.6 is 11.8 Å². The van der Waals surface area contributed by atoms with Crippen LogP contribution in [0.2, 0.25) is 0 Å². The predicted octanol–water partition coefficient (Wildman–Crippen LogP) is 3.63. The molecule has 0 saturated carbocycles. The summed E-state index contributed by atoms with van der Waals surface area (Å²) >= 11 is 1.17. The Hall–Kier alpha value is -2.87. The van der Waals surface area contributed by atoms with Gasteiger partial charge in [0.25, 0.3) is 5.91 Å². The fourth-order valence-corrected chi connectivity index (χ4v) is 3.14. The van der Waals surface area contributed by atoms with Gasteiger partial charge in [0.1, 0.15) is 5.82 Å². The summed E-state index contributed by atoms with van der Waals surface area (Å²) in [5.74, 6) is -1.62. The number of thioether (sulfide) groups is 1. The van der Waals surface area contributed by atoms with E-state index in [0.717, 1.165) is 6.42 Å². The van der Waals surface area contributed by atoms with E-state index in [-0.39, 0.29) is 28.9 Å². The lowest BCUT2D eigenvalue weighted by Gasteiger charge is -2.14. The summed E-state index contributed by atoms with van der Waals surface area (Å²) < 4.78 is 18.2. The van der Waals surface area contributed by atoms with E-state index in [1.165, 1.54) is 43.0 Å². The van der Waals surface area contributed by atoms with Crippen molar-refractivity contribution in [2.45, 2.75) is 31.3 Å². The van der Waals surface area contributed by atoms with Gasteiger partial charge in [-0.25, -0.2) is 9.18 Å². The first-order valence-electron chi connectivity index (χ1n) is 9.16. The van der Waals surface area contributed by atoms with Crippen LogP contribution in [0, 0.1) is 5.82 Å². The Morgan fingerprint density at radius 1 is 1.10 bits per heavy atom. The minimum atomic E-state index is -0.922. The summed E-state index contributed by atoms with van der Waals surface area (Å²) in [5.41, 5.74) is 0.763. The van der Waals surface area contributed by atoms with Gasteiger partial charge in [-0.3, -0.25) is 9.59 Å². The summed E-state index contributed by atoms with van der Waals surface area (Å²) in [6, 6.07) is 12.2. The van der Waals surface area contributed by atoms with Crippen LogP contribution in [0.5, 0.6) is 0 Å². The van der Waals surface area contributed by atoms with Crippen molar-refractivity contribution >= 4 is 35.2 Å². The second kappa shape index (κ2) is 11.2. The number of esters is 1. The minimum absolute atomic E-state index is 0.0498. The second-order valence-electron chi connectivity index (χ2n) is 6.18. The van der Waals surface area contributed by atoms with Gasteiger partial charge in [-0.05, 0) is 49.7 Å². The number of hydrogen-bond donors (Lipinski definition) is 2. The zero-order chi connectivity index (χ0) is 21.2. The number of carbonyl (C=O) groups excluding carboxylic acids is 3. The Kier molecular flexibility index (Phi) is 8.67. The largest absolute Gasteiger partial charge is 0.449 e. The van der Waals surface area contributed by atoms with Crippen molar-refractivity contribution < 1.29 is 23.5 Å². The number of ether oxygens (including phenoxy) is 1. The molecule has 0 aliphatic carbocycles. The van der Waals surface area contributed by atoms with Crippen molar-refractivity contribution in [1.29, 1.82) is 0 Å². The standard InChI is InChI=1S/C21H23FN2O4S/c1-3-12-23-20(26)14(2)28-21(27)17-6-4-5-7-18(17)29-13-19(25)24-16-10-8-15(22)9-11-16/h4-11,14H,3,12-13H2,1-2H3,(H,23,26)(H,24,25)/t14-/m0/s1. The molecule has 29 heavy (non-hydrogen) atoms. The molecule has 0 unspecified atom stereocenters. The molecule has 0 spiro atoms. The van der Waals surface area contributed by atoms with Gasteiger partial charge < -0.3 is 15.4 Å². The zero-order valence-corrected chi connectivity index (χ0v) is 17.1. The molecule has 0 heterocycles. The van der Waals surface area contributed by atoms with Crippen molar-refractivity contribution in [1.82, 2.24) is 5.32 Å².